The van der Waals surface area contributed by atoms with Gasteiger partial charge in [-0.25, -0.2) is 9.97 Å². The molecule has 2 aliphatic rings. The van der Waals surface area contributed by atoms with Crippen LogP contribution in [0, 0.1) is 0 Å². The molecule has 0 bridgehead atoms. The molecule has 118 valence electrons. The van der Waals surface area contributed by atoms with Crippen LogP contribution in [0.5, 0.6) is 0 Å². The van der Waals surface area contributed by atoms with E-state index in [4.69, 9.17) is 9.72 Å². The van der Waals surface area contributed by atoms with Gasteiger partial charge in [0.2, 0.25) is 0 Å². The van der Waals surface area contributed by atoms with Crippen LogP contribution in [0.1, 0.15) is 25.7 Å². The third kappa shape index (κ3) is 2.74. The Labute approximate surface area is 150 Å². The summed E-state index contributed by atoms with van der Waals surface area (Å²) in [4.78, 5) is 11.5. The van der Waals surface area contributed by atoms with Crippen molar-refractivity contribution < 1.29 is 4.74 Å². The van der Waals surface area contributed by atoms with Gasteiger partial charge in [-0.15, -0.1) is 11.3 Å². The minimum atomic E-state index is 0.0721. The van der Waals surface area contributed by atoms with Crippen LogP contribution in [0.25, 0.3) is 5.82 Å². The average molecular weight is 448 g/mol. The summed E-state index contributed by atoms with van der Waals surface area (Å²) < 4.78 is 9.59. The SMILES string of the molecule is Brc1cn(-c2csc(N3CCOC4(CCCC4)C3)n2)c(Br)n1. The Morgan fingerprint density at radius 3 is 2.77 bits per heavy atom. The van der Waals surface area contributed by atoms with E-state index in [1.807, 2.05) is 10.8 Å². The zero-order chi connectivity index (χ0) is 15.2. The van der Waals surface area contributed by atoms with E-state index in [1.165, 1.54) is 25.7 Å². The maximum Gasteiger partial charge on any atom is 0.187 e. The minimum absolute atomic E-state index is 0.0721. The summed E-state index contributed by atoms with van der Waals surface area (Å²) in [5, 5.41) is 3.15. The first-order valence-electron chi connectivity index (χ1n) is 7.40. The zero-order valence-electron chi connectivity index (χ0n) is 12.0. The molecule has 1 saturated heterocycles. The maximum absolute atomic E-state index is 6.10. The van der Waals surface area contributed by atoms with Gasteiger partial charge in [-0.1, -0.05) is 12.8 Å². The lowest BCUT2D eigenvalue weighted by Gasteiger charge is -2.40. The number of thiazole rings is 1. The van der Waals surface area contributed by atoms with Gasteiger partial charge in [0.25, 0.3) is 0 Å². The Bertz CT molecular complexity index is 680. The predicted molar refractivity (Wildman–Crippen MR) is 94.0 cm³/mol. The summed E-state index contributed by atoms with van der Waals surface area (Å²) in [6, 6.07) is 0. The number of nitrogens with zero attached hydrogens (tertiary/aromatic N) is 4. The van der Waals surface area contributed by atoms with Crippen LogP contribution in [-0.4, -0.2) is 39.8 Å². The van der Waals surface area contributed by atoms with Crippen molar-refractivity contribution in [3.05, 3.63) is 20.9 Å². The predicted octanol–water partition coefficient (Wildman–Crippen LogP) is 4.00. The molecule has 3 heterocycles. The van der Waals surface area contributed by atoms with Crippen molar-refractivity contribution in [2.75, 3.05) is 24.6 Å². The average Bonchev–Trinajstić information content (AvgIpc) is 3.20. The Kier molecular flexibility index (Phi) is 4.04. The molecule has 0 atom stereocenters. The molecule has 0 radical (unpaired) electrons. The van der Waals surface area contributed by atoms with Crippen molar-refractivity contribution in [2.45, 2.75) is 31.3 Å². The number of ether oxygens (including phenoxy) is 1. The van der Waals surface area contributed by atoms with Gasteiger partial charge in [-0.2, -0.15) is 0 Å². The van der Waals surface area contributed by atoms with Gasteiger partial charge in [-0.3, -0.25) is 4.57 Å². The lowest BCUT2D eigenvalue weighted by molar-refractivity contribution is -0.0501. The second kappa shape index (κ2) is 5.89. The highest BCUT2D eigenvalue weighted by Crippen LogP contribution is 2.38. The molecule has 1 aliphatic heterocycles. The summed E-state index contributed by atoms with van der Waals surface area (Å²) in [5.74, 6) is 0.900. The lowest BCUT2D eigenvalue weighted by atomic mass is 10.0. The lowest BCUT2D eigenvalue weighted by Crippen LogP contribution is -2.50. The second-order valence-electron chi connectivity index (χ2n) is 5.85. The van der Waals surface area contributed by atoms with E-state index in [9.17, 15) is 0 Å². The summed E-state index contributed by atoms with van der Waals surface area (Å²) in [6.07, 6.45) is 6.85. The van der Waals surface area contributed by atoms with E-state index in [-0.39, 0.29) is 5.60 Å². The summed E-state index contributed by atoms with van der Waals surface area (Å²) >= 11 is 8.54. The van der Waals surface area contributed by atoms with Crippen LogP contribution < -0.4 is 4.90 Å². The molecular weight excluding hydrogens is 432 g/mol. The third-order valence-corrected chi connectivity index (χ3v) is 6.22. The van der Waals surface area contributed by atoms with Crippen molar-refractivity contribution >= 4 is 48.3 Å². The first-order valence-corrected chi connectivity index (χ1v) is 9.87. The van der Waals surface area contributed by atoms with Crippen LogP contribution in [-0.2, 0) is 4.74 Å². The largest absolute Gasteiger partial charge is 0.371 e. The van der Waals surface area contributed by atoms with Crippen LogP contribution in [0.4, 0.5) is 5.13 Å². The molecule has 8 heteroatoms. The van der Waals surface area contributed by atoms with E-state index in [2.05, 4.69) is 47.1 Å². The third-order valence-electron chi connectivity index (χ3n) is 4.39. The molecule has 2 aromatic heterocycles. The monoisotopic (exact) mass is 446 g/mol. The normalized spacial score (nSPS) is 20.9. The quantitative estimate of drug-likeness (QED) is 0.697. The molecule has 0 aromatic carbocycles. The first kappa shape index (κ1) is 15.1. The Morgan fingerprint density at radius 1 is 1.23 bits per heavy atom. The topological polar surface area (TPSA) is 43.2 Å². The molecule has 2 aromatic rings. The maximum atomic E-state index is 6.10. The molecule has 0 unspecified atom stereocenters. The molecule has 1 saturated carbocycles. The molecule has 4 rings (SSSR count). The van der Waals surface area contributed by atoms with Gasteiger partial charge in [0.15, 0.2) is 15.7 Å². The molecule has 22 heavy (non-hydrogen) atoms. The van der Waals surface area contributed by atoms with Gasteiger partial charge in [-0.05, 0) is 44.7 Å². The number of imidazole rings is 1. The zero-order valence-corrected chi connectivity index (χ0v) is 16.0. The summed E-state index contributed by atoms with van der Waals surface area (Å²) in [6.45, 7) is 2.69. The molecule has 2 fully saturated rings. The highest BCUT2D eigenvalue weighted by atomic mass is 79.9. The van der Waals surface area contributed by atoms with E-state index < -0.39 is 0 Å². The second-order valence-corrected chi connectivity index (χ2v) is 8.21. The van der Waals surface area contributed by atoms with Crippen LogP contribution >= 0.6 is 43.2 Å². The number of anilines is 1. The van der Waals surface area contributed by atoms with E-state index >= 15 is 0 Å². The molecule has 0 N–H and O–H groups in total. The van der Waals surface area contributed by atoms with E-state index in [0.29, 0.717) is 0 Å². The van der Waals surface area contributed by atoms with Crippen LogP contribution in [0.3, 0.4) is 0 Å². The number of rotatable bonds is 2. The van der Waals surface area contributed by atoms with Gasteiger partial charge in [0, 0.05) is 24.7 Å². The summed E-state index contributed by atoms with van der Waals surface area (Å²) in [5.41, 5.74) is 0.0721. The summed E-state index contributed by atoms with van der Waals surface area (Å²) in [7, 11) is 0. The minimum Gasteiger partial charge on any atom is -0.371 e. The standard InChI is InChI=1S/C14H16Br2N4OS/c15-10-7-20(12(16)17-10)11-8-22-13(18-11)19-5-6-21-14(9-19)3-1-2-4-14/h7-8H,1-6,9H2. The molecule has 1 spiro atoms. The van der Waals surface area contributed by atoms with Crippen molar-refractivity contribution in [3.8, 4) is 5.82 Å². The fraction of sp³-hybridized carbons (Fsp3) is 0.571. The van der Waals surface area contributed by atoms with Gasteiger partial charge < -0.3 is 9.64 Å². The highest BCUT2D eigenvalue weighted by molar-refractivity contribution is 9.11. The smallest absolute Gasteiger partial charge is 0.187 e. The van der Waals surface area contributed by atoms with Gasteiger partial charge in [0.1, 0.15) is 4.60 Å². The fourth-order valence-corrected chi connectivity index (χ4v) is 5.25. The van der Waals surface area contributed by atoms with E-state index in [0.717, 1.165) is 40.0 Å². The molecule has 5 nitrogen and oxygen atoms in total. The first-order chi connectivity index (χ1) is 10.7. The van der Waals surface area contributed by atoms with Crippen molar-refractivity contribution in [1.29, 1.82) is 0 Å². The highest BCUT2D eigenvalue weighted by Gasteiger charge is 2.39. The van der Waals surface area contributed by atoms with Crippen LogP contribution in [0.2, 0.25) is 0 Å². The number of halogens is 2. The number of hydrogen-bond donors (Lipinski definition) is 0. The molecular formula is C14H16Br2N4OS. The van der Waals surface area contributed by atoms with Crippen molar-refractivity contribution in [3.63, 3.8) is 0 Å². The van der Waals surface area contributed by atoms with Crippen LogP contribution in [0.15, 0.2) is 20.9 Å². The Hall–Kier alpha value is -0.440. The molecule has 0 amide bonds. The van der Waals surface area contributed by atoms with E-state index in [1.54, 1.807) is 11.3 Å². The Balaban J connectivity index is 1.57. The van der Waals surface area contributed by atoms with Gasteiger partial charge in [0.05, 0.1) is 12.2 Å². The number of aromatic nitrogens is 3. The fourth-order valence-electron chi connectivity index (χ4n) is 3.33. The number of hydrogen-bond acceptors (Lipinski definition) is 5. The van der Waals surface area contributed by atoms with Crippen molar-refractivity contribution in [1.82, 2.24) is 14.5 Å². The Morgan fingerprint density at radius 2 is 2.05 bits per heavy atom. The van der Waals surface area contributed by atoms with Gasteiger partial charge >= 0.3 is 0 Å². The molecule has 1 aliphatic carbocycles. The van der Waals surface area contributed by atoms with Crippen molar-refractivity contribution in [2.24, 2.45) is 0 Å². The number of morpholine rings is 1.